The van der Waals surface area contributed by atoms with Crippen LogP contribution in [0.25, 0.3) is 0 Å². The molecule has 4 heteroatoms. The Bertz CT molecular complexity index is 193. The van der Waals surface area contributed by atoms with Gasteiger partial charge in [-0.15, -0.1) is 0 Å². The fourth-order valence-electron chi connectivity index (χ4n) is 1.24. The number of rotatable bonds is 1. The molecule has 0 aromatic heterocycles. The number of nitrogens with zero attached hydrogens (tertiary/aromatic N) is 1. The second kappa shape index (κ2) is 4.03. The molecule has 1 rings (SSSR count). The third kappa shape index (κ3) is 2.30. The van der Waals surface area contributed by atoms with Gasteiger partial charge in [-0.2, -0.15) is 0 Å². The first-order chi connectivity index (χ1) is 5.61. The maximum absolute atomic E-state index is 11.0. The Hall–Kier alpha value is -0.380. The van der Waals surface area contributed by atoms with Crippen molar-refractivity contribution in [1.82, 2.24) is 4.90 Å². The van der Waals surface area contributed by atoms with Crippen LogP contribution in [0.3, 0.4) is 0 Å². The normalized spacial score (nSPS) is 20.1. The lowest BCUT2D eigenvalue weighted by Crippen LogP contribution is -2.43. The minimum Gasteiger partial charge on any atom is -0.358 e. The van der Waals surface area contributed by atoms with Crippen LogP contribution in [0.2, 0.25) is 0 Å². The van der Waals surface area contributed by atoms with Gasteiger partial charge in [0.1, 0.15) is 0 Å². The Balaban J connectivity index is 2.44. The lowest BCUT2D eigenvalue weighted by atomic mass is 10.2. The van der Waals surface area contributed by atoms with Crippen LogP contribution in [-0.2, 0) is 10.8 Å². The molecule has 0 aliphatic carbocycles. The van der Waals surface area contributed by atoms with Gasteiger partial charge < -0.3 is 4.90 Å². The molecule has 1 heterocycles. The van der Waals surface area contributed by atoms with Gasteiger partial charge in [0.05, 0.1) is 5.84 Å². The van der Waals surface area contributed by atoms with Crippen molar-refractivity contribution in [2.45, 2.75) is 13.8 Å². The minimum atomic E-state index is -0.629. The summed E-state index contributed by atoms with van der Waals surface area (Å²) in [5, 5.41) is 7.73. The zero-order valence-corrected chi connectivity index (χ0v) is 8.49. The fourth-order valence-corrected chi connectivity index (χ4v) is 2.30. The molecule has 1 saturated heterocycles. The topological polar surface area (TPSA) is 44.2 Å². The monoisotopic (exact) mass is 188 g/mol. The molecular formula is C8H16N2OS. The van der Waals surface area contributed by atoms with E-state index >= 15 is 0 Å². The van der Waals surface area contributed by atoms with Gasteiger partial charge in [0.15, 0.2) is 0 Å². The Labute approximate surface area is 76.1 Å². The van der Waals surface area contributed by atoms with Gasteiger partial charge in [0.2, 0.25) is 0 Å². The van der Waals surface area contributed by atoms with Gasteiger partial charge in [-0.1, -0.05) is 13.8 Å². The molecule has 0 atom stereocenters. The van der Waals surface area contributed by atoms with E-state index in [0.29, 0.717) is 5.84 Å². The van der Waals surface area contributed by atoms with Crippen molar-refractivity contribution in [3.63, 3.8) is 0 Å². The van der Waals surface area contributed by atoms with Crippen molar-refractivity contribution < 1.29 is 4.21 Å². The zero-order valence-electron chi connectivity index (χ0n) is 7.67. The second-order valence-corrected chi connectivity index (χ2v) is 5.07. The summed E-state index contributed by atoms with van der Waals surface area (Å²) in [5.41, 5.74) is 0. The maximum Gasteiger partial charge on any atom is 0.0984 e. The maximum atomic E-state index is 11.0. The van der Waals surface area contributed by atoms with E-state index in [4.69, 9.17) is 5.41 Å². The fraction of sp³-hybridized carbons (Fsp3) is 0.875. The lowest BCUT2D eigenvalue weighted by Gasteiger charge is -2.30. The Morgan fingerprint density at radius 3 is 2.33 bits per heavy atom. The molecule has 1 aliphatic rings. The first-order valence-electron chi connectivity index (χ1n) is 4.29. The number of amidine groups is 1. The van der Waals surface area contributed by atoms with Crippen molar-refractivity contribution in [2.75, 3.05) is 24.6 Å². The molecule has 0 unspecified atom stereocenters. The van der Waals surface area contributed by atoms with Gasteiger partial charge in [0.25, 0.3) is 0 Å². The molecule has 1 N–H and O–H groups in total. The van der Waals surface area contributed by atoms with E-state index in [0.717, 1.165) is 24.6 Å². The van der Waals surface area contributed by atoms with Gasteiger partial charge in [-0.25, -0.2) is 0 Å². The van der Waals surface area contributed by atoms with Gasteiger partial charge >= 0.3 is 0 Å². The highest BCUT2D eigenvalue weighted by Crippen LogP contribution is 2.06. The summed E-state index contributed by atoms with van der Waals surface area (Å²) in [7, 11) is -0.629. The molecule has 3 nitrogen and oxygen atoms in total. The van der Waals surface area contributed by atoms with E-state index in [1.807, 2.05) is 18.7 Å². The van der Waals surface area contributed by atoms with E-state index in [9.17, 15) is 4.21 Å². The third-order valence-electron chi connectivity index (χ3n) is 2.07. The van der Waals surface area contributed by atoms with Crippen LogP contribution in [0.4, 0.5) is 0 Å². The summed E-state index contributed by atoms with van der Waals surface area (Å²) in [6, 6.07) is 0. The van der Waals surface area contributed by atoms with Gasteiger partial charge in [-0.3, -0.25) is 9.62 Å². The summed E-state index contributed by atoms with van der Waals surface area (Å²) in [6.07, 6.45) is 0. The Morgan fingerprint density at radius 2 is 1.92 bits per heavy atom. The van der Waals surface area contributed by atoms with Crippen molar-refractivity contribution in [2.24, 2.45) is 5.92 Å². The molecule has 0 aromatic rings. The molecule has 0 aromatic carbocycles. The predicted molar refractivity (Wildman–Crippen MR) is 52.0 cm³/mol. The first-order valence-corrected chi connectivity index (χ1v) is 5.78. The largest absolute Gasteiger partial charge is 0.358 e. The van der Waals surface area contributed by atoms with E-state index in [2.05, 4.69) is 0 Å². The minimum absolute atomic E-state index is 0.288. The summed E-state index contributed by atoms with van der Waals surface area (Å²) in [4.78, 5) is 2.03. The standard InChI is InChI=1S/C8H16N2OS/c1-7(2)8(9)10-3-5-12(11)6-4-10/h7,9H,3-6H2,1-2H3. The van der Waals surface area contributed by atoms with E-state index in [-0.39, 0.29) is 5.92 Å². The predicted octanol–water partition coefficient (Wildman–Crippen LogP) is 0.684. The summed E-state index contributed by atoms with van der Waals surface area (Å²) < 4.78 is 11.0. The van der Waals surface area contributed by atoms with Gasteiger partial charge in [-0.05, 0) is 0 Å². The molecule has 1 fully saturated rings. The van der Waals surface area contributed by atoms with Crippen LogP contribution < -0.4 is 0 Å². The first kappa shape index (κ1) is 9.71. The molecular weight excluding hydrogens is 172 g/mol. The molecule has 0 radical (unpaired) electrons. The highest BCUT2D eigenvalue weighted by molar-refractivity contribution is 7.85. The Morgan fingerprint density at radius 1 is 1.42 bits per heavy atom. The van der Waals surface area contributed by atoms with E-state index in [1.54, 1.807) is 0 Å². The van der Waals surface area contributed by atoms with Gasteiger partial charge in [0, 0.05) is 41.3 Å². The summed E-state index contributed by atoms with van der Waals surface area (Å²) >= 11 is 0. The van der Waals surface area contributed by atoms with Crippen molar-refractivity contribution in [3.8, 4) is 0 Å². The number of nitrogens with one attached hydrogen (secondary N) is 1. The average Bonchev–Trinajstić information content (AvgIpc) is 2.04. The quantitative estimate of drug-likeness (QED) is 0.486. The van der Waals surface area contributed by atoms with E-state index < -0.39 is 10.8 Å². The zero-order chi connectivity index (χ0) is 9.14. The van der Waals surface area contributed by atoms with Crippen LogP contribution >= 0.6 is 0 Å². The highest BCUT2D eigenvalue weighted by atomic mass is 32.2. The number of hydrogen-bond acceptors (Lipinski definition) is 2. The summed E-state index contributed by atoms with van der Waals surface area (Å²) in [6.45, 7) is 5.63. The Kier molecular flexibility index (Phi) is 3.26. The average molecular weight is 188 g/mol. The van der Waals surface area contributed by atoms with Crippen molar-refractivity contribution >= 4 is 16.6 Å². The third-order valence-corrected chi connectivity index (χ3v) is 3.34. The lowest BCUT2D eigenvalue weighted by molar-refractivity contribution is 0.429. The molecule has 12 heavy (non-hydrogen) atoms. The molecule has 1 aliphatic heterocycles. The molecule has 0 amide bonds. The van der Waals surface area contributed by atoms with Crippen LogP contribution in [0.1, 0.15) is 13.8 Å². The van der Waals surface area contributed by atoms with Crippen LogP contribution in [0.5, 0.6) is 0 Å². The SMILES string of the molecule is CC(C)C(=N)N1CCS(=O)CC1. The van der Waals surface area contributed by atoms with Crippen LogP contribution in [-0.4, -0.2) is 39.5 Å². The molecule has 0 spiro atoms. The van der Waals surface area contributed by atoms with E-state index in [1.165, 1.54) is 0 Å². The number of hydrogen-bond donors (Lipinski definition) is 1. The smallest absolute Gasteiger partial charge is 0.0984 e. The molecule has 70 valence electrons. The molecule has 0 saturated carbocycles. The molecule has 0 bridgehead atoms. The second-order valence-electron chi connectivity index (χ2n) is 3.38. The summed E-state index contributed by atoms with van der Waals surface area (Å²) in [5.74, 6) is 2.44. The van der Waals surface area contributed by atoms with Crippen LogP contribution in [0, 0.1) is 11.3 Å². The van der Waals surface area contributed by atoms with Crippen LogP contribution in [0.15, 0.2) is 0 Å². The van der Waals surface area contributed by atoms with Crippen molar-refractivity contribution in [3.05, 3.63) is 0 Å². The van der Waals surface area contributed by atoms with Crippen molar-refractivity contribution in [1.29, 1.82) is 5.41 Å². The highest BCUT2D eigenvalue weighted by Gasteiger charge is 2.18.